The van der Waals surface area contributed by atoms with Crippen LogP contribution >= 0.6 is 0 Å². The molecule has 2 aromatic carbocycles. The molecule has 0 spiro atoms. The topological polar surface area (TPSA) is 21.3 Å². The van der Waals surface area contributed by atoms with E-state index in [0.717, 1.165) is 38.3 Å². The standard InChI is InChI=1S/C19H25NO/c1-3-4-13-21-19-12-8-7-11-18(19)15-20-14-17-10-6-5-9-16(17)2/h5-12,20H,3-4,13-15H2,1-2H3. The summed E-state index contributed by atoms with van der Waals surface area (Å²) in [6.07, 6.45) is 2.26. The van der Waals surface area contributed by atoms with Crippen molar-refractivity contribution in [1.29, 1.82) is 0 Å². The molecule has 0 atom stereocenters. The Balaban J connectivity index is 1.89. The molecule has 1 N–H and O–H groups in total. The molecule has 0 amide bonds. The van der Waals surface area contributed by atoms with Gasteiger partial charge in [-0.05, 0) is 30.5 Å². The largest absolute Gasteiger partial charge is 0.493 e. The number of unbranched alkanes of at least 4 members (excludes halogenated alkanes) is 1. The first-order valence-corrected chi connectivity index (χ1v) is 7.77. The van der Waals surface area contributed by atoms with Crippen molar-refractivity contribution in [3.05, 3.63) is 65.2 Å². The lowest BCUT2D eigenvalue weighted by Gasteiger charge is -2.12. The summed E-state index contributed by atoms with van der Waals surface area (Å²) in [5.41, 5.74) is 3.90. The van der Waals surface area contributed by atoms with E-state index in [0.29, 0.717) is 0 Å². The van der Waals surface area contributed by atoms with Gasteiger partial charge in [0.2, 0.25) is 0 Å². The predicted molar refractivity (Wildman–Crippen MR) is 88.6 cm³/mol. The van der Waals surface area contributed by atoms with E-state index in [1.165, 1.54) is 16.7 Å². The minimum atomic E-state index is 0.797. The molecule has 0 aromatic heterocycles. The van der Waals surface area contributed by atoms with Crippen molar-refractivity contribution >= 4 is 0 Å². The van der Waals surface area contributed by atoms with Gasteiger partial charge in [-0.25, -0.2) is 0 Å². The summed E-state index contributed by atoms with van der Waals surface area (Å²) in [4.78, 5) is 0. The Bertz CT molecular complexity index is 551. The smallest absolute Gasteiger partial charge is 0.123 e. The Kier molecular flexibility index (Phi) is 6.29. The van der Waals surface area contributed by atoms with Gasteiger partial charge in [0.05, 0.1) is 6.61 Å². The normalized spacial score (nSPS) is 10.6. The van der Waals surface area contributed by atoms with Gasteiger partial charge in [-0.2, -0.15) is 0 Å². The van der Waals surface area contributed by atoms with Crippen LogP contribution in [0.15, 0.2) is 48.5 Å². The first kappa shape index (κ1) is 15.6. The van der Waals surface area contributed by atoms with E-state index >= 15 is 0 Å². The summed E-state index contributed by atoms with van der Waals surface area (Å²) in [5, 5.41) is 3.51. The van der Waals surface area contributed by atoms with Crippen molar-refractivity contribution in [3.8, 4) is 5.75 Å². The van der Waals surface area contributed by atoms with Crippen LogP contribution in [0.3, 0.4) is 0 Å². The van der Waals surface area contributed by atoms with Gasteiger partial charge in [0.1, 0.15) is 5.75 Å². The van der Waals surface area contributed by atoms with Crippen LogP contribution in [0.2, 0.25) is 0 Å². The SMILES string of the molecule is CCCCOc1ccccc1CNCc1ccccc1C. The Labute approximate surface area is 128 Å². The highest BCUT2D eigenvalue weighted by molar-refractivity contribution is 5.33. The summed E-state index contributed by atoms with van der Waals surface area (Å²) in [5.74, 6) is 1.00. The molecule has 0 aliphatic rings. The molecule has 0 aliphatic heterocycles. The van der Waals surface area contributed by atoms with Crippen LogP contribution < -0.4 is 10.1 Å². The molecule has 0 saturated heterocycles. The molecule has 0 unspecified atom stereocenters. The number of aryl methyl sites for hydroxylation is 1. The molecule has 0 saturated carbocycles. The predicted octanol–water partition coefficient (Wildman–Crippen LogP) is 4.46. The first-order chi connectivity index (χ1) is 10.3. The van der Waals surface area contributed by atoms with E-state index in [4.69, 9.17) is 4.74 Å². The lowest BCUT2D eigenvalue weighted by molar-refractivity contribution is 0.305. The highest BCUT2D eigenvalue weighted by atomic mass is 16.5. The van der Waals surface area contributed by atoms with E-state index in [-0.39, 0.29) is 0 Å². The number of rotatable bonds is 8. The molecule has 0 aliphatic carbocycles. The fourth-order valence-corrected chi connectivity index (χ4v) is 2.26. The molecule has 112 valence electrons. The lowest BCUT2D eigenvalue weighted by atomic mass is 10.1. The van der Waals surface area contributed by atoms with Crippen molar-refractivity contribution in [2.45, 2.75) is 39.8 Å². The van der Waals surface area contributed by atoms with Crippen LogP contribution in [0.25, 0.3) is 0 Å². The molecule has 0 fully saturated rings. The molecule has 2 rings (SSSR count). The van der Waals surface area contributed by atoms with Crippen LogP contribution in [0.4, 0.5) is 0 Å². The van der Waals surface area contributed by atoms with Crippen molar-refractivity contribution < 1.29 is 4.74 Å². The number of hydrogen-bond donors (Lipinski definition) is 1. The highest BCUT2D eigenvalue weighted by Crippen LogP contribution is 2.18. The van der Waals surface area contributed by atoms with E-state index in [2.05, 4.69) is 61.6 Å². The van der Waals surface area contributed by atoms with E-state index in [1.807, 2.05) is 6.07 Å². The molecule has 21 heavy (non-hydrogen) atoms. The third kappa shape index (κ3) is 4.91. The Hall–Kier alpha value is -1.80. The fourth-order valence-electron chi connectivity index (χ4n) is 2.26. The summed E-state index contributed by atoms with van der Waals surface area (Å²) < 4.78 is 5.86. The van der Waals surface area contributed by atoms with Crippen LogP contribution in [0.5, 0.6) is 5.75 Å². The molecular formula is C19H25NO. The molecule has 0 bridgehead atoms. The van der Waals surface area contributed by atoms with Gasteiger partial charge in [-0.1, -0.05) is 55.8 Å². The van der Waals surface area contributed by atoms with Gasteiger partial charge in [-0.3, -0.25) is 0 Å². The van der Waals surface area contributed by atoms with E-state index in [1.54, 1.807) is 0 Å². The summed E-state index contributed by atoms with van der Waals surface area (Å²) in [7, 11) is 0. The number of benzene rings is 2. The Morgan fingerprint density at radius 1 is 0.905 bits per heavy atom. The molecule has 2 nitrogen and oxygen atoms in total. The number of para-hydroxylation sites is 1. The molecule has 0 heterocycles. The molecular weight excluding hydrogens is 258 g/mol. The number of hydrogen-bond acceptors (Lipinski definition) is 2. The summed E-state index contributed by atoms with van der Waals surface area (Å²) in [6.45, 7) is 6.84. The monoisotopic (exact) mass is 283 g/mol. The van der Waals surface area contributed by atoms with E-state index in [9.17, 15) is 0 Å². The van der Waals surface area contributed by atoms with Crippen molar-refractivity contribution in [2.24, 2.45) is 0 Å². The van der Waals surface area contributed by atoms with Gasteiger partial charge >= 0.3 is 0 Å². The van der Waals surface area contributed by atoms with Gasteiger partial charge in [-0.15, -0.1) is 0 Å². The second-order valence-corrected chi connectivity index (χ2v) is 5.34. The molecule has 2 aromatic rings. The minimum Gasteiger partial charge on any atom is -0.493 e. The average molecular weight is 283 g/mol. The Morgan fingerprint density at radius 2 is 1.57 bits per heavy atom. The van der Waals surface area contributed by atoms with Crippen molar-refractivity contribution in [3.63, 3.8) is 0 Å². The fraction of sp³-hybridized carbons (Fsp3) is 0.368. The minimum absolute atomic E-state index is 0.797. The maximum Gasteiger partial charge on any atom is 0.123 e. The zero-order valence-corrected chi connectivity index (χ0v) is 13.1. The molecule has 0 radical (unpaired) electrons. The van der Waals surface area contributed by atoms with Crippen LogP contribution in [0.1, 0.15) is 36.5 Å². The maximum absolute atomic E-state index is 5.86. The maximum atomic E-state index is 5.86. The van der Waals surface area contributed by atoms with Crippen LogP contribution in [0, 0.1) is 6.92 Å². The van der Waals surface area contributed by atoms with Crippen LogP contribution in [-0.2, 0) is 13.1 Å². The zero-order valence-electron chi connectivity index (χ0n) is 13.1. The van der Waals surface area contributed by atoms with E-state index < -0.39 is 0 Å². The number of nitrogens with one attached hydrogen (secondary N) is 1. The van der Waals surface area contributed by atoms with Crippen LogP contribution in [-0.4, -0.2) is 6.61 Å². The average Bonchev–Trinajstić information content (AvgIpc) is 2.51. The second-order valence-electron chi connectivity index (χ2n) is 5.34. The first-order valence-electron chi connectivity index (χ1n) is 7.77. The van der Waals surface area contributed by atoms with Gasteiger partial charge in [0.25, 0.3) is 0 Å². The zero-order chi connectivity index (χ0) is 14.9. The Morgan fingerprint density at radius 3 is 2.33 bits per heavy atom. The summed E-state index contributed by atoms with van der Waals surface area (Å²) >= 11 is 0. The molecule has 2 heteroatoms. The quantitative estimate of drug-likeness (QED) is 0.722. The number of ether oxygens (including phenoxy) is 1. The van der Waals surface area contributed by atoms with Gasteiger partial charge < -0.3 is 10.1 Å². The third-order valence-corrected chi connectivity index (χ3v) is 3.62. The van der Waals surface area contributed by atoms with Gasteiger partial charge in [0.15, 0.2) is 0 Å². The van der Waals surface area contributed by atoms with Crippen molar-refractivity contribution in [1.82, 2.24) is 5.32 Å². The summed E-state index contributed by atoms with van der Waals surface area (Å²) in [6, 6.07) is 16.8. The lowest BCUT2D eigenvalue weighted by Crippen LogP contribution is -2.14. The van der Waals surface area contributed by atoms with Gasteiger partial charge in [0, 0.05) is 18.7 Å². The second kappa shape index (κ2) is 8.48. The van der Waals surface area contributed by atoms with Crippen molar-refractivity contribution in [2.75, 3.05) is 6.61 Å². The third-order valence-electron chi connectivity index (χ3n) is 3.62. The highest BCUT2D eigenvalue weighted by Gasteiger charge is 2.03.